The third-order valence-electron chi connectivity index (χ3n) is 3.86. The van der Waals surface area contributed by atoms with Crippen LogP contribution in [0.2, 0.25) is 0 Å². The van der Waals surface area contributed by atoms with Crippen molar-refractivity contribution in [1.29, 1.82) is 0 Å². The van der Waals surface area contributed by atoms with Gasteiger partial charge in [0.15, 0.2) is 5.11 Å². The van der Waals surface area contributed by atoms with Crippen molar-refractivity contribution in [3.63, 3.8) is 0 Å². The Kier molecular flexibility index (Phi) is 8.75. The highest BCUT2D eigenvalue weighted by atomic mass is 32.1. The van der Waals surface area contributed by atoms with E-state index in [0.717, 1.165) is 19.3 Å². The minimum Gasteiger partial charge on any atom is -0.493 e. The van der Waals surface area contributed by atoms with Crippen molar-refractivity contribution in [2.45, 2.75) is 46.1 Å². The first-order valence-electron chi connectivity index (χ1n) is 9.61. The van der Waals surface area contributed by atoms with Crippen molar-refractivity contribution >= 4 is 28.9 Å². The van der Waals surface area contributed by atoms with Gasteiger partial charge in [0, 0.05) is 0 Å². The normalized spacial score (nSPS) is 10.4. The predicted octanol–water partition coefficient (Wildman–Crippen LogP) is 5.17. The Balaban J connectivity index is 2.01. The van der Waals surface area contributed by atoms with Crippen LogP contribution in [0.25, 0.3) is 0 Å². The number of ether oxygens (including phenoxy) is 2. The second-order valence-electron chi connectivity index (χ2n) is 6.62. The standard InChI is InChI=1S/C22H28N2O3S/c1-4-5-10-15-26-19-13-8-6-11-17(19)21(25)24-22(28)23-18-12-7-9-14-20(18)27-16(2)3/h6-9,11-14,16H,4-5,10,15H2,1-3H3,(H2,23,24,25,28). The number of amides is 1. The van der Waals surface area contributed by atoms with Gasteiger partial charge in [0.1, 0.15) is 11.5 Å². The van der Waals surface area contributed by atoms with E-state index in [1.165, 1.54) is 0 Å². The van der Waals surface area contributed by atoms with E-state index in [-0.39, 0.29) is 17.1 Å². The van der Waals surface area contributed by atoms with E-state index in [2.05, 4.69) is 17.6 Å². The van der Waals surface area contributed by atoms with Crippen LogP contribution in [0.3, 0.4) is 0 Å². The van der Waals surface area contributed by atoms with Crippen LogP contribution >= 0.6 is 12.2 Å². The molecule has 0 aliphatic carbocycles. The Morgan fingerprint density at radius 3 is 2.43 bits per heavy atom. The summed E-state index contributed by atoms with van der Waals surface area (Å²) in [6.45, 7) is 6.63. The molecule has 2 rings (SSSR count). The number of anilines is 1. The Hall–Kier alpha value is -2.60. The quantitative estimate of drug-likeness (QED) is 0.449. The topological polar surface area (TPSA) is 59.6 Å². The van der Waals surface area contributed by atoms with Crippen LogP contribution in [0.1, 0.15) is 50.4 Å². The lowest BCUT2D eigenvalue weighted by Gasteiger charge is -2.16. The van der Waals surface area contributed by atoms with E-state index in [9.17, 15) is 4.79 Å². The summed E-state index contributed by atoms with van der Waals surface area (Å²) in [5.41, 5.74) is 1.15. The fourth-order valence-corrected chi connectivity index (χ4v) is 2.77. The Bertz CT molecular complexity index is 793. The first-order valence-corrected chi connectivity index (χ1v) is 10.0. The van der Waals surface area contributed by atoms with Gasteiger partial charge >= 0.3 is 0 Å². The molecule has 0 unspecified atom stereocenters. The van der Waals surface area contributed by atoms with Crippen molar-refractivity contribution in [2.24, 2.45) is 0 Å². The number of hydrogen-bond acceptors (Lipinski definition) is 4. The van der Waals surface area contributed by atoms with Gasteiger partial charge in [-0.05, 0) is 56.8 Å². The van der Waals surface area contributed by atoms with E-state index in [0.29, 0.717) is 29.4 Å². The fourth-order valence-electron chi connectivity index (χ4n) is 2.56. The highest BCUT2D eigenvalue weighted by Crippen LogP contribution is 2.25. The molecule has 0 aliphatic heterocycles. The van der Waals surface area contributed by atoms with Gasteiger partial charge in [-0.1, -0.05) is 44.0 Å². The molecular weight excluding hydrogens is 372 g/mol. The molecule has 6 heteroatoms. The van der Waals surface area contributed by atoms with Crippen LogP contribution in [0.5, 0.6) is 11.5 Å². The van der Waals surface area contributed by atoms with Crippen LogP contribution in [-0.4, -0.2) is 23.7 Å². The molecule has 0 saturated carbocycles. The summed E-state index contributed by atoms with van der Waals surface area (Å²) in [4.78, 5) is 12.7. The zero-order valence-corrected chi connectivity index (χ0v) is 17.5. The Labute approximate surface area is 172 Å². The molecule has 2 N–H and O–H groups in total. The van der Waals surface area contributed by atoms with Gasteiger partial charge in [-0.15, -0.1) is 0 Å². The van der Waals surface area contributed by atoms with Gasteiger partial charge < -0.3 is 14.8 Å². The van der Waals surface area contributed by atoms with Crippen molar-refractivity contribution in [2.75, 3.05) is 11.9 Å². The smallest absolute Gasteiger partial charge is 0.261 e. The van der Waals surface area contributed by atoms with E-state index >= 15 is 0 Å². The van der Waals surface area contributed by atoms with Crippen molar-refractivity contribution in [1.82, 2.24) is 5.32 Å². The average molecular weight is 401 g/mol. The van der Waals surface area contributed by atoms with E-state index in [1.807, 2.05) is 44.2 Å². The van der Waals surface area contributed by atoms with Gasteiger partial charge in [-0.25, -0.2) is 0 Å². The number of carbonyl (C=O) groups is 1. The summed E-state index contributed by atoms with van der Waals surface area (Å²) in [5.74, 6) is 0.919. The average Bonchev–Trinajstić information content (AvgIpc) is 2.66. The van der Waals surface area contributed by atoms with Crippen LogP contribution in [0, 0.1) is 0 Å². The molecule has 0 fully saturated rings. The second-order valence-corrected chi connectivity index (χ2v) is 7.03. The van der Waals surface area contributed by atoms with Gasteiger partial charge in [0.05, 0.1) is 24.0 Å². The molecule has 28 heavy (non-hydrogen) atoms. The van der Waals surface area contributed by atoms with Crippen LogP contribution < -0.4 is 20.1 Å². The summed E-state index contributed by atoms with van der Waals surface area (Å²) in [7, 11) is 0. The van der Waals surface area contributed by atoms with Crippen LogP contribution in [0.15, 0.2) is 48.5 Å². The predicted molar refractivity (Wildman–Crippen MR) is 117 cm³/mol. The summed E-state index contributed by atoms with van der Waals surface area (Å²) in [6, 6.07) is 14.6. The number of benzene rings is 2. The molecule has 0 aromatic heterocycles. The van der Waals surface area contributed by atoms with Crippen molar-refractivity contribution in [3.8, 4) is 11.5 Å². The number of rotatable bonds is 9. The molecule has 2 aromatic carbocycles. The highest BCUT2D eigenvalue weighted by molar-refractivity contribution is 7.80. The second kappa shape index (κ2) is 11.3. The maximum atomic E-state index is 12.7. The number of unbranched alkanes of at least 4 members (excludes halogenated alkanes) is 2. The van der Waals surface area contributed by atoms with Crippen LogP contribution in [-0.2, 0) is 0 Å². The number of nitrogens with one attached hydrogen (secondary N) is 2. The fraction of sp³-hybridized carbons (Fsp3) is 0.364. The van der Waals surface area contributed by atoms with E-state index in [4.69, 9.17) is 21.7 Å². The molecule has 0 radical (unpaired) electrons. The molecule has 150 valence electrons. The Morgan fingerprint density at radius 1 is 1.04 bits per heavy atom. The first kappa shape index (κ1) is 21.7. The molecule has 0 aliphatic rings. The molecule has 0 saturated heterocycles. The molecule has 0 spiro atoms. The summed E-state index contributed by atoms with van der Waals surface area (Å²) in [6.07, 6.45) is 3.20. The molecule has 5 nitrogen and oxygen atoms in total. The summed E-state index contributed by atoms with van der Waals surface area (Å²) >= 11 is 5.31. The summed E-state index contributed by atoms with van der Waals surface area (Å²) in [5, 5.41) is 5.94. The minimum atomic E-state index is -0.314. The molecular formula is C22H28N2O3S. The number of thiocarbonyl (C=S) groups is 1. The SMILES string of the molecule is CCCCCOc1ccccc1C(=O)NC(=S)Nc1ccccc1OC(C)C. The van der Waals surface area contributed by atoms with Gasteiger partial charge in [-0.2, -0.15) is 0 Å². The summed E-state index contributed by atoms with van der Waals surface area (Å²) < 4.78 is 11.5. The largest absolute Gasteiger partial charge is 0.493 e. The van der Waals surface area contributed by atoms with Gasteiger partial charge in [-0.3, -0.25) is 10.1 Å². The lowest BCUT2D eigenvalue weighted by Crippen LogP contribution is -2.34. The number of hydrogen-bond donors (Lipinski definition) is 2. The maximum absolute atomic E-state index is 12.7. The zero-order chi connectivity index (χ0) is 20.4. The van der Waals surface area contributed by atoms with E-state index in [1.54, 1.807) is 18.2 Å². The molecule has 1 amide bonds. The third-order valence-corrected chi connectivity index (χ3v) is 4.07. The van der Waals surface area contributed by atoms with Crippen LogP contribution in [0.4, 0.5) is 5.69 Å². The highest BCUT2D eigenvalue weighted by Gasteiger charge is 2.14. The maximum Gasteiger partial charge on any atom is 0.261 e. The molecule has 0 heterocycles. The number of para-hydroxylation sites is 3. The molecule has 0 atom stereocenters. The third kappa shape index (κ3) is 6.85. The Morgan fingerprint density at radius 2 is 1.71 bits per heavy atom. The monoisotopic (exact) mass is 400 g/mol. The first-order chi connectivity index (χ1) is 13.5. The van der Waals surface area contributed by atoms with Gasteiger partial charge in [0.25, 0.3) is 5.91 Å². The van der Waals surface area contributed by atoms with Crippen molar-refractivity contribution in [3.05, 3.63) is 54.1 Å². The minimum absolute atomic E-state index is 0.0304. The zero-order valence-electron chi connectivity index (χ0n) is 16.7. The number of carbonyl (C=O) groups excluding carboxylic acids is 1. The molecule has 0 bridgehead atoms. The van der Waals surface area contributed by atoms with E-state index < -0.39 is 0 Å². The molecule has 2 aromatic rings. The van der Waals surface area contributed by atoms with Gasteiger partial charge in [0.2, 0.25) is 0 Å². The lowest BCUT2D eigenvalue weighted by atomic mass is 10.2. The van der Waals surface area contributed by atoms with Crippen molar-refractivity contribution < 1.29 is 14.3 Å². The lowest BCUT2D eigenvalue weighted by molar-refractivity contribution is 0.0973.